The smallest absolute Gasteiger partial charge is 0.0568 e. The van der Waals surface area contributed by atoms with Gasteiger partial charge in [-0.3, -0.25) is 0 Å². The number of hydrogen-bond acceptors (Lipinski definition) is 1. The first-order valence-corrected chi connectivity index (χ1v) is 14.0. The summed E-state index contributed by atoms with van der Waals surface area (Å²) < 4.78 is 0. The zero-order chi connectivity index (χ0) is 22.6. The van der Waals surface area contributed by atoms with Crippen molar-refractivity contribution in [3.8, 4) is 0 Å². The lowest BCUT2D eigenvalue weighted by Crippen LogP contribution is -2.52. The largest absolute Gasteiger partial charge is 0.393 e. The van der Waals surface area contributed by atoms with Gasteiger partial charge in [0.15, 0.2) is 0 Å². The molecule has 1 N–H and O–H groups in total. The minimum atomic E-state index is -0.0728. The highest BCUT2D eigenvalue weighted by Crippen LogP contribution is 2.67. The van der Waals surface area contributed by atoms with Gasteiger partial charge in [-0.1, -0.05) is 73.0 Å². The molecule has 4 aliphatic carbocycles. The van der Waals surface area contributed by atoms with Crippen LogP contribution in [0.5, 0.6) is 0 Å². The van der Waals surface area contributed by atoms with E-state index in [1.807, 2.05) is 5.57 Å². The molecule has 3 fully saturated rings. The van der Waals surface area contributed by atoms with E-state index >= 15 is 0 Å². The second-order valence-electron chi connectivity index (χ2n) is 13.3. The maximum atomic E-state index is 10.5. The molecule has 1 nitrogen and oxygen atoms in total. The fourth-order valence-electron chi connectivity index (χ4n) is 9.61. The highest BCUT2D eigenvalue weighted by atomic mass is 16.3. The Morgan fingerprint density at radius 3 is 2.32 bits per heavy atom. The quantitative estimate of drug-likeness (QED) is 0.422. The van der Waals surface area contributed by atoms with Crippen molar-refractivity contribution in [3.05, 3.63) is 11.6 Å². The summed E-state index contributed by atoms with van der Waals surface area (Å²) in [6.07, 6.45) is 16.1. The monoisotopic (exact) mass is 428 g/mol. The molecular formula is C30H52O. The van der Waals surface area contributed by atoms with E-state index in [-0.39, 0.29) is 6.10 Å². The van der Waals surface area contributed by atoms with Gasteiger partial charge < -0.3 is 5.11 Å². The van der Waals surface area contributed by atoms with Gasteiger partial charge in [0.2, 0.25) is 0 Å². The molecule has 0 amide bonds. The van der Waals surface area contributed by atoms with Gasteiger partial charge in [-0.15, -0.1) is 0 Å². The molecule has 1 heteroatoms. The molecule has 0 spiro atoms. The standard InChI is InChI=1S/C30H52O/c1-8-22(19(2)3)10-9-20(4)24-13-14-26-23-11-12-25-21(5)28(31)16-18-30(25,7)27(23)15-17-29(24,26)6/h11,19-22,24-28,31H,8-10,12-18H2,1-7H3/t20-,21+,22-,24-,25+,26+,27+,28+,29-,30+/m1/s1. The second-order valence-corrected chi connectivity index (χ2v) is 13.3. The Labute approximate surface area is 193 Å². The average Bonchev–Trinajstić information content (AvgIpc) is 3.08. The fourth-order valence-corrected chi connectivity index (χ4v) is 9.61. The lowest BCUT2D eigenvalue weighted by molar-refractivity contribution is -0.0774. The molecule has 0 bridgehead atoms. The molecule has 0 aromatic rings. The molecule has 178 valence electrons. The number of hydrogen-bond donors (Lipinski definition) is 1. The predicted molar refractivity (Wildman–Crippen MR) is 133 cm³/mol. The summed E-state index contributed by atoms with van der Waals surface area (Å²) in [7, 11) is 0. The van der Waals surface area contributed by atoms with Crippen LogP contribution in [0.2, 0.25) is 0 Å². The Balaban J connectivity index is 1.50. The lowest BCUT2D eigenvalue weighted by atomic mass is 9.46. The molecule has 0 saturated heterocycles. The molecule has 0 heterocycles. The van der Waals surface area contributed by atoms with Crippen LogP contribution < -0.4 is 0 Å². The second kappa shape index (κ2) is 8.81. The average molecular weight is 429 g/mol. The van der Waals surface area contributed by atoms with Crippen molar-refractivity contribution in [2.24, 2.45) is 58.2 Å². The van der Waals surface area contributed by atoms with Crippen molar-refractivity contribution in [2.45, 2.75) is 119 Å². The molecule has 10 atom stereocenters. The third kappa shape index (κ3) is 3.87. The molecule has 4 rings (SSSR count). The molecule has 0 aromatic carbocycles. The van der Waals surface area contributed by atoms with E-state index in [2.05, 4.69) is 54.5 Å². The Bertz CT molecular complexity index is 663. The van der Waals surface area contributed by atoms with E-state index in [9.17, 15) is 5.11 Å². The first kappa shape index (κ1) is 23.8. The van der Waals surface area contributed by atoms with Crippen molar-refractivity contribution in [2.75, 3.05) is 0 Å². The van der Waals surface area contributed by atoms with E-state index in [1.165, 1.54) is 57.8 Å². The van der Waals surface area contributed by atoms with Gasteiger partial charge in [0.1, 0.15) is 0 Å². The molecule has 0 aromatic heterocycles. The first-order valence-electron chi connectivity index (χ1n) is 14.0. The molecule has 0 aliphatic heterocycles. The maximum absolute atomic E-state index is 10.5. The van der Waals surface area contributed by atoms with Gasteiger partial charge in [0.25, 0.3) is 0 Å². The lowest BCUT2D eigenvalue weighted by Gasteiger charge is -2.59. The molecule has 0 unspecified atom stereocenters. The SMILES string of the molecule is CC[C@H](CC[C@@H](C)[C@H]1CC[C@H]2C3=CC[C@H]4[C@H](C)[C@@H](O)CC[C@]4(C)[C@H]3CC[C@]12C)C(C)C. The van der Waals surface area contributed by atoms with Crippen molar-refractivity contribution < 1.29 is 5.11 Å². The van der Waals surface area contributed by atoms with Crippen LogP contribution in [0, 0.1) is 58.2 Å². The molecule has 31 heavy (non-hydrogen) atoms. The highest BCUT2D eigenvalue weighted by Gasteiger charge is 2.59. The number of aliphatic hydroxyl groups is 1. The Morgan fingerprint density at radius 2 is 1.65 bits per heavy atom. The topological polar surface area (TPSA) is 20.2 Å². The fraction of sp³-hybridized carbons (Fsp3) is 0.933. The minimum absolute atomic E-state index is 0.0728. The minimum Gasteiger partial charge on any atom is -0.393 e. The van der Waals surface area contributed by atoms with Crippen LogP contribution >= 0.6 is 0 Å². The van der Waals surface area contributed by atoms with Crippen LogP contribution in [0.3, 0.4) is 0 Å². The zero-order valence-corrected chi connectivity index (χ0v) is 21.8. The van der Waals surface area contributed by atoms with Crippen LogP contribution in [-0.4, -0.2) is 11.2 Å². The number of fused-ring (bicyclic) bond motifs is 5. The number of rotatable bonds is 6. The van der Waals surface area contributed by atoms with Gasteiger partial charge >= 0.3 is 0 Å². The van der Waals surface area contributed by atoms with Gasteiger partial charge in [-0.2, -0.15) is 0 Å². The third-order valence-corrected chi connectivity index (χ3v) is 11.8. The highest BCUT2D eigenvalue weighted by molar-refractivity contribution is 5.28. The summed E-state index contributed by atoms with van der Waals surface area (Å²) in [6, 6.07) is 0. The predicted octanol–water partition coefficient (Wildman–Crippen LogP) is 8.27. The molecule has 0 radical (unpaired) electrons. The van der Waals surface area contributed by atoms with Gasteiger partial charge in [0, 0.05) is 0 Å². The van der Waals surface area contributed by atoms with Gasteiger partial charge in [-0.05, 0) is 110 Å². The van der Waals surface area contributed by atoms with Crippen molar-refractivity contribution >= 4 is 0 Å². The van der Waals surface area contributed by atoms with Crippen molar-refractivity contribution in [1.82, 2.24) is 0 Å². The maximum Gasteiger partial charge on any atom is 0.0568 e. The van der Waals surface area contributed by atoms with Gasteiger partial charge in [0.05, 0.1) is 6.10 Å². The Kier molecular flexibility index (Phi) is 6.78. The Hall–Kier alpha value is -0.300. The summed E-state index contributed by atoms with van der Waals surface area (Å²) in [5.74, 6) is 6.31. The molecule has 3 saturated carbocycles. The van der Waals surface area contributed by atoms with E-state index in [4.69, 9.17) is 0 Å². The Morgan fingerprint density at radius 1 is 0.968 bits per heavy atom. The summed E-state index contributed by atoms with van der Waals surface area (Å²) in [5, 5.41) is 10.5. The summed E-state index contributed by atoms with van der Waals surface area (Å²) in [4.78, 5) is 0. The van der Waals surface area contributed by atoms with E-state index in [0.717, 1.165) is 41.9 Å². The summed E-state index contributed by atoms with van der Waals surface area (Å²) >= 11 is 0. The molecular weight excluding hydrogens is 376 g/mol. The zero-order valence-electron chi connectivity index (χ0n) is 21.8. The first-order chi connectivity index (χ1) is 14.6. The van der Waals surface area contributed by atoms with E-state index in [1.54, 1.807) is 0 Å². The van der Waals surface area contributed by atoms with Crippen LogP contribution in [0.25, 0.3) is 0 Å². The van der Waals surface area contributed by atoms with E-state index in [0.29, 0.717) is 22.7 Å². The van der Waals surface area contributed by atoms with Crippen molar-refractivity contribution in [1.29, 1.82) is 0 Å². The van der Waals surface area contributed by atoms with Crippen LogP contribution in [0.4, 0.5) is 0 Å². The van der Waals surface area contributed by atoms with Gasteiger partial charge in [-0.25, -0.2) is 0 Å². The number of aliphatic hydroxyl groups excluding tert-OH is 1. The normalized spacial score (nSPS) is 46.7. The van der Waals surface area contributed by atoms with Crippen LogP contribution in [-0.2, 0) is 0 Å². The number of allylic oxidation sites excluding steroid dienone is 2. The van der Waals surface area contributed by atoms with E-state index < -0.39 is 0 Å². The van der Waals surface area contributed by atoms with Crippen LogP contribution in [0.15, 0.2) is 11.6 Å². The molecule has 4 aliphatic rings. The third-order valence-electron chi connectivity index (χ3n) is 11.8. The van der Waals surface area contributed by atoms with Crippen LogP contribution in [0.1, 0.15) is 113 Å². The summed E-state index contributed by atoms with van der Waals surface area (Å²) in [6.45, 7) is 17.4. The summed E-state index contributed by atoms with van der Waals surface area (Å²) in [5.41, 5.74) is 2.84. The van der Waals surface area contributed by atoms with Crippen molar-refractivity contribution in [3.63, 3.8) is 0 Å².